The van der Waals surface area contributed by atoms with E-state index in [1.54, 1.807) is 0 Å². The van der Waals surface area contributed by atoms with Gasteiger partial charge in [-0.1, -0.05) is 182 Å². The molecule has 3 aromatic heterocycles. The molecule has 12 rings (SSSR count). The number of fused-ring (bicyclic) bond motifs is 6. The Balaban J connectivity index is 1.01. The standard InChI is InChI=1S/C57H36N4O/c1-4-14-37(15-5-1)39-26-30-42(31-27-39)55-58-56(43-32-28-40(29-33-43)38-16-6-2-7-17-38)60-57(59-55)48-22-13-25-51-54(48)47-35-34-44(36-52(47)62-51)61-49-23-11-10-20-46(49)53-45(21-12-24-50(53)61)41-18-8-3-9-19-41/h1-36H. The molecule has 290 valence electrons. The Morgan fingerprint density at radius 3 is 1.45 bits per heavy atom. The van der Waals surface area contributed by atoms with Crippen LogP contribution >= 0.6 is 0 Å². The molecule has 12 aromatic rings. The zero-order valence-electron chi connectivity index (χ0n) is 33.5. The van der Waals surface area contributed by atoms with Crippen LogP contribution in [0.3, 0.4) is 0 Å². The van der Waals surface area contributed by atoms with Gasteiger partial charge in [-0.05, 0) is 63.7 Å². The van der Waals surface area contributed by atoms with E-state index in [9.17, 15) is 0 Å². The molecule has 0 aliphatic heterocycles. The lowest BCUT2D eigenvalue weighted by Crippen LogP contribution is -2.00. The second kappa shape index (κ2) is 14.7. The van der Waals surface area contributed by atoms with Gasteiger partial charge in [0.1, 0.15) is 11.2 Å². The summed E-state index contributed by atoms with van der Waals surface area (Å²) in [4.78, 5) is 15.5. The van der Waals surface area contributed by atoms with Crippen LogP contribution in [0.5, 0.6) is 0 Å². The summed E-state index contributed by atoms with van der Waals surface area (Å²) in [5, 5.41) is 4.39. The van der Waals surface area contributed by atoms with E-state index < -0.39 is 0 Å². The van der Waals surface area contributed by atoms with Crippen molar-refractivity contribution in [2.45, 2.75) is 0 Å². The highest BCUT2D eigenvalue weighted by molar-refractivity contribution is 6.16. The summed E-state index contributed by atoms with van der Waals surface area (Å²) in [7, 11) is 0. The van der Waals surface area contributed by atoms with Crippen LogP contribution in [0.25, 0.3) is 117 Å². The van der Waals surface area contributed by atoms with Crippen molar-refractivity contribution in [1.29, 1.82) is 0 Å². The van der Waals surface area contributed by atoms with Crippen LogP contribution in [0.1, 0.15) is 0 Å². The van der Waals surface area contributed by atoms with Crippen molar-refractivity contribution in [3.63, 3.8) is 0 Å². The molecular weight excluding hydrogens is 757 g/mol. The van der Waals surface area contributed by atoms with Gasteiger partial charge in [-0.3, -0.25) is 0 Å². The Hall–Kier alpha value is -8.41. The minimum absolute atomic E-state index is 0.581. The third kappa shape index (κ3) is 6.06. The van der Waals surface area contributed by atoms with Crippen LogP contribution in [0.15, 0.2) is 223 Å². The van der Waals surface area contributed by atoms with E-state index in [2.05, 4.69) is 199 Å². The summed E-state index contributed by atoms with van der Waals surface area (Å²) >= 11 is 0. The normalized spacial score (nSPS) is 11.5. The first-order valence-corrected chi connectivity index (χ1v) is 20.8. The molecule has 0 atom stereocenters. The third-order valence-corrected chi connectivity index (χ3v) is 11.9. The van der Waals surface area contributed by atoms with E-state index in [4.69, 9.17) is 19.4 Å². The summed E-state index contributed by atoms with van der Waals surface area (Å²) in [5.41, 5.74) is 14.5. The maximum absolute atomic E-state index is 6.73. The molecule has 0 amide bonds. The van der Waals surface area contributed by atoms with Crippen molar-refractivity contribution in [3.05, 3.63) is 218 Å². The maximum Gasteiger partial charge on any atom is 0.164 e. The van der Waals surface area contributed by atoms with E-state index in [0.717, 1.165) is 77.6 Å². The largest absolute Gasteiger partial charge is 0.456 e. The first kappa shape index (κ1) is 35.5. The highest BCUT2D eigenvalue weighted by Crippen LogP contribution is 2.41. The smallest absolute Gasteiger partial charge is 0.164 e. The first-order chi connectivity index (χ1) is 30.7. The van der Waals surface area contributed by atoms with Gasteiger partial charge in [0, 0.05) is 50.0 Å². The maximum atomic E-state index is 6.73. The molecule has 0 aliphatic rings. The van der Waals surface area contributed by atoms with Crippen molar-refractivity contribution in [1.82, 2.24) is 19.5 Å². The van der Waals surface area contributed by atoms with Gasteiger partial charge in [-0.25, -0.2) is 15.0 Å². The molecule has 5 heteroatoms. The van der Waals surface area contributed by atoms with Gasteiger partial charge >= 0.3 is 0 Å². The van der Waals surface area contributed by atoms with Crippen molar-refractivity contribution in [2.24, 2.45) is 0 Å². The van der Waals surface area contributed by atoms with Crippen LogP contribution in [-0.4, -0.2) is 19.5 Å². The Kier molecular flexibility index (Phi) is 8.42. The van der Waals surface area contributed by atoms with E-state index >= 15 is 0 Å². The summed E-state index contributed by atoms with van der Waals surface area (Å²) in [6.45, 7) is 0. The first-order valence-electron chi connectivity index (χ1n) is 20.8. The molecule has 0 aliphatic carbocycles. The Morgan fingerprint density at radius 2 is 0.806 bits per heavy atom. The van der Waals surface area contributed by atoms with Crippen molar-refractivity contribution in [3.8, 4) is 73.2 Å². The van der Waals surface area contributed by atoms with E-state index in [1.165, 1.54) is 21.9 Å². The van der Waals surface area contributed by atoms with Crippen molar-refractivity contribution < 1.29 is 4.42 Å². The number of hydrogen-bond acceptors (Lipinski definition) is 4. The van der Waals surface area contributed by atoms with E-state index in [1.807, 2.05) is 24.3 Å². The number of hydrogen-bond donors (Lipinski definition) is 0. The van der Waals surface area contributed by atoms with Crippen LogP contribution < -0.4 is 0 Å². The van der Waals surface area contributed by atoms with Crippen LogP contribution in [-0.2, 0) is 0 Å². The van der Waals surface area contributed by atoms with Crippen molar-refractivity contribution >= 4 is 43.7 Å². The predicted octanol–water partition coefficient (Wildman–Crippen LogP) is 14.9. The number of rotatable bonds is 7. The lowest BCUT2D eigenvalue weighted by atomic mass is 9.99. The summed E-state index contributed by atoms with van der Waals surface area (Å²) in [5.74, 6) is 1.78. The summed E-state index contributed by atoms with van der Waals surface area (Å²) in [6, 6.07) is 76.2. The molecule has 62 heavy (non-hydrogen) atoms. The molecule has 0 spiro atoms. The monoisotopic (exact) mass is 792 g/mol. The van der Waals surface area contributed by atoms with Gasteiger partial charge in [0.25, 0.3) is 0 Å². The molecule has 0 unspecified atom stereocenters. The Labute approximate surface area is 357 Å². The second-order valence-electron chi connectivity index (χ2n) is 15.6. The highest BCUT2D eigenvalue weighted by atomic mass is 16.3. The Morgan fingerprint density at radius 1 is 0.306 bits per heavy atom. The van der Waals surface area contributed by atoms with Crippen LogP contribution in [0.4, 0.5) is 0 Å². The summed E-state index contributed by atoms with van der Waals surface area (Å²) < 4.78 is 9.07. The quantitative estimate of drug-likeness (QED) is 0.161. The van der Waals surface area contributed by atoms with Gasteiger partial charge in [0.2, 0.25) is 0 Å². The molecule has 3 heterocycles. The lowest BCUT2D eigenvalue weighted by molar-refractivity contribution is 0.668. The average molecular weight is 793 g/mol. The zero-order chi connectivity index (χ0) is 41.0. The number of benzene rings is 9. The average Bonchev–Trinajstić information content (AvgIpc) is 3.90. The van der Waals surface area contributed by atoms with E-state index in [0.29, 0.717) is 17.5 Å². The number of nitrogens with zero attached hydrogens (tertiary/aromatic N) is 4. The SMILES string of the molecule is c1ccc(-c2ccc(-c3nc(-c4ccc(-c5ccccc5)cc4)nc(-c4cccc5oc6cc(-n7c8ccccc8c8c(-c9ccccc9)cccc87)ccc6c45)n3)cc2)cc1. The fourth-order valence-electron chi connectivity index (χ4n) is 8.93. The van der Waals surface area contributed by atoms with Gasteiger partial charge in [-0.2, -0.15) is 0 Å². The molecule has 0 radical (unpaired) electrons. The van der Waals surface area contributed by atoms with Crippen molar-refractivity contribution in [2.75, 3.05) is 0 Å². The van der Waals surface area contributed by atoms with Gasteiger partial charge in [0.15, 0.2) is 17.5 Å². The number of para-hydroxylation sites is 1. The van der Waals surface area contributed by atoms with E-state index in [-0.39, 0.29) is 0 Å². The minimum atomic E-state index is 0.581. The number of furan rings is 1. The second-order valence-corrected chi connectivity index (χ2v) is 15.6. The fraction of sp³-hybridized carbons (Fsp3) is 0. The van der Waals surface area contributed by atoms with Gasteiger partial charge in [0.05, 0.1) is 11.0 Å². The molecule has 0 fully saturated rings. The molecule has 0 N–H and O–H groups in total. The minimum Gasteiger partial charge on any atom is -0.456 e. The molecule has 0 saturated carbocycles. The van der Waals surface area contributed by atoms with Gasteiger partial charge in [-0.15, -0.1) is 0 Å². The lowest BCUT2D eigenvalue weighted by Gasteiger charge is -2.11. The topological polar surface area (TPSA) is 56.7 Å². The van der Waals surface area contributed by atoms with Gasteiger partial charge < -0.3 is 8.98 Å². The fourth-order valence-corrected chi connectivity index (χ4v) is 8.93. The summed E-state index contributed by atoms with van der Waals surface area (Å²) in [6.07, 6.45) is 0. The highest BCUT2D eigenvalue weighted by Gasteiger charge is 2.21. The zero-order valence-corrected chi connectivity index (χ0v) is 33.5. The van der Waals surface area contributed by atoms with Crippen LogP contribution in [0, 0.1) is 0 Å². The molecule has 9 aromatic carbocycles. The predicted molar refractivity (Wildman–Crippen MR) is 254 cm³/mol. The molecule has 0 bridgehead atoms. The van der Waals surface area contributed by atoms with Crippen LogP contribution in [0.2, 0.25) is 0 Å². The molecule has 5 nitrogen and oxygen atoms in total. The molecular formula is C57H36N4O. The molecule has 0 saturated heterocycles. The third-order valence-electron chi connectivity index (χ3n) is 11.9. The Bertz CT molecular complexity index is 3490. The number of aromatic nitrogens is 4.